The molecule has 7 aromatic carbocycles. The lowest BCUT2D eigenvalue weighted by Gasteiger charge is -2.26. The first-order chi connectivity index (χ1) is 21.8. The van der Waals surface area contributed by atoms with Crippen LogP contribution in [0.25, 0.3) is 73.1 Å². The predicted octanol–water partition coefficient (Wildman–Crippen LogP) is 12.9. The molecule has 4 heteroatoms. The maximum absolute atomic E-state index is 6.34. The van der Waals surface area contributed by atoms with Crippen molar-refractivity contribution in [3.63, 3.8) is 0 Å². The van der Waals surface area contributed by atoms with Crippen LogP contribution in [0.4, 0.5) is 17.1 Å². The van der Waals surface area contributed by atoms with Gasteiger partial charge in [-0.2, -0.15) is 0 Å². The molecule has 0 saturated carbocycles. The molecule has 0 aliphatic carbocycles. The second-order valence-electron chi connectivity index (χ2n) is 11.3. The molecule has 0 bridgehead atoms. The van der Waals surface area contributed by atoms with Crippen LogP contribution in [0.5, 0.6) is 0 Å². The number of anilines is 3. The Labute approximate surface area is 260 Å². The highest BCUT2D eigenvalue weighted by atomic mass is 32.1. The molecule has 0 aliphatic rings. The molecule has 2 nitrogen and oxygen atoms in total. The van der Waals surface area contributed by atoms with E-state index in [0.29, 0.717) is 0 Å². The first-order valence-corrected chi connectivity index (χ1v) is 16.4. The van der Waals surface area contributed by atoms with Crippen molar-refractivity contribution in [1.82, 2.24) is 0 Å². The van der Waals surface area contributed by atoms with Crippen LogP contribution in [0.3, 0.4) is 0 Å². The van der Waals surface area contributed by atoms with E-state index in [0.717, 1.165) is 33.3 Å². The number of fused-ring (bicyclic) bond motifs is 12. The van der Waals surface area contributed by atoms with Crippen LogP contribution in [0, 0.1) is 0 Å². The number of rotatable bonds is 3. The van der Waals surface area contributed by atoms with Crippen LogP contribution < -0.4 is 4.90 Å². The van der Waals surface area contributed by atoms with Gasteiger partial charge in [0.15, 0.2) is 0 Å². The quantitative estimate of drug-likeness (QED) is 0.201. The van der Waals surface area contributed by atoms with E-state index in [4.69, 9.17) is 4.42 Å². The molecule has 0 aliphatic heterocycles. The molecule has 206 valence electrons. The maximum atomic E-state index is 6.34. The van der Waals surface area contributed by atoms with E-state index in [2.05, 4.69) is 132 Å². The number of nitrogens with zero attached hydrogens (tertiary/aromatic N) is 1. The predicted molar refractivity (Wildman–Crippen MR) is 192 cm³/mol. The van der Waals surface area contributed by atoms with Crippen LogP contribution in [0.2, 0.25) is 0 Å². The van der Waals surface area contributed by atoms with Crippen molar-refractivity contribution in [3.05, 3.63) is 140 Å². The zero-order chi connectivity index (χ0) is 28.8. The number of furan rings is 1. The van der Waals surface area contributed by atoms with Crippen molar-refractivity contribution >= 4 is 113 Å². The van der Waals surface area contributed by atoms with Crippen LogP contribution in [0.1, 0.15) is 0 Å². The lowest BCUT2D eigenvalue weighted by Crippen LogP contribution is -2.09. The van der Waals surface area contributed by atoms with Crippen molar-refractivity contribution in [2.45, 2.75) is 0 Å². The Balaban J connectivity index is 1.25. The number of hydrogen-bond donors (Lipinski definition) is 0. The molecule has 10 aromatic rings. The summed E-state index contributed by atoms with van der Waals surface area (Å²) in [5.41, 5.74) is 5.17. The fourth-order valence-corrected chi connectivity index (χ4v) is 9.46. The summed E-state index contributed by atoms with van der Waals surface area (Å²) in [7, 11) is 0. The van der Waals surface area contributed by atoms with Crippen molar-refractivity contribution < 1.29 is 4.42 Å². The van der Waals surface area contributed by atoms with Gasteiger partial charge in [0.2, 0.25) is 0 Å². The highest BCUT2D eigenvalue weighted by Crippen LogP contribution is 2.50. The summed E-state index contributed by atoms with van der Waals surface area (Å²) in [6, 6.07) is 50.2. The molecule has 0 fully saturated rings. The first-order valence-electron chi connectivity index (χ1n) is 14.8. The second-order valence-corrected chi connectivity index (χ2v) is 13.4. The minimum absolute atomic E-state index is 0.896. The molecule has 0 N–H and O–H groups in total. The Kier molecular flexibility index (Phi) is 5.06. The summed E-state index contributed by atoms with van der Waals surface area (Å²) in [4.78, 5) is 2.37. The van der Waals surface area contributed by atoms with Crippen molar-refractivity contribution in [1.29, 1.82) is 0 Å². The Morgan fingerprint density at radius 1 is 0.432 bits per heavy atom. The van der Waals surface area contributed by atoms with Crippen LogP contribution in [-0.4, -0.2) is 0 Å². The third kappa shape index (κ3) is 3.41. The molecular weight excluding hydrogens is 575 g/mol. The number of thiophene rings is 2. The number of hydrogen-bond acceptors (Lipinski definition) is 4. The average Bonchev–Trinajstić information content (AvgIpc) is 3.76. The summed E-state index contributed by atoms with van der Waals surface area (Å²) in [5.74, 6) is 0. The normalized spacial score (nSPS) is 12.1. The summed E-state index contributed by atoms with van der Waals surface area (Å²) < 4.78 is 11.6. The largest absolute Gasteiger partial charge is 0.456 e. The van der Waals surface area contributed by atoms with E-state index in [1.807, 2.05) is 34.8 Å². The van der Waals surface area contributed by atoms with Crippen LogP contribution in [-0.2, 0) is 0 Å². The van der Waals surface area contributed by atoms with Crippen molar-refractivity contribution in [2.75, 3.05) is 4.90 Å². The van der Waals surface area contributed by atoms with Gasteiger partial charge >= 0.3 is 0 Å². The monoisotopic (exact) mass is 597 g/mol. The third-order valence-electron chi connectivity index (χ3n) is 8.84. The maximum Gasteiger partial charge on any atom is 0.137 e. The smallest absolute Gasteiger partial charge is 0.137 e. The first kappa shape index (κ1) is 24.3. The molecule has 0 saturated heterocycles. The zero-order valence-corrected chi connectivity index (χ0v) is 25.1. The number of benzene rings is 7. The molecule has 3 aromatic heterocycles. The van der Waals surface area contributed by atoms with Crippen molar-refractivity contribution in [3.8, 4) is 0 Å². The fourth-order valence-electron chi connectivity index (χ4n) is 6.90. The van der Waals surface area contributed by atoms with Gasteiger partial charge in [0, 0.05) is 63.9 Å². The molecule has 0 amide bonds. The van der Waals surface area contributed by atoms with E-state index in [-0.39, 0.29) is 0 Å². The average molecular weight is 598 g/mol. The Morgan fingerprint density at radius 2 is 1.11 bits per heavy atom. The van der Waals surface area contributed by atoms with Gasteiger partial charge < -0.3 is 9.32 Å². The van der Waals surface area contributed by atoms with E-state index in [1.165, 1.54) is 56.8 Å². The highest BCUT2D eigenvalue weighted by molar-refractivity contribution is 7.30. The molecule has 44 heavy (non-hydrogen) atoms. The summed E-state index contributed by atoms with van der Waals surface area (Å²) in [6.45, 7) is 0. The topological polar surface area (TPSA) is 16.4 Å². The number of para-hydroxylation sites is 2. The van der Waals surface area contributed by atoms with E-state index in [9.17, 15) is 0 Å². The molecular formula is C40H23NOS2. The minimum Gasteiger partial charge on any atom is -0.456 e. The SMILES string of the molecule is c1ccc(N(c2ccc3c(c2)oc2ccccc23)c2cccc3c2sc2ccc4c(sc5ccc6ccccc6c54)c23)cc1. The fraction of sp³-hybridized carbons (Fsp3) is 0. The summed E-state index contributed by atoms with van der Waals surface area (Å²) in [6.07, 6.45) is 0. The van der Waals surface area contributed by atoms with Crippen LogP contribution in [0.15, 0.2) is 144 Å². The molecule has 0 spiro atoms. The van der Waals surface area contributed by atoms with Gasteiger partial charge in [-0.25, -0.2) is 0 Å². The Hall–Kier alpha value is -5.16. The summed E-state index contributed by atoms with van der Waals surface area (Å²) >= 11 is 3.80. The lowest BCUT2D eigenvalue weighted by molar-refractivity contribution is 0.669. The molecule has 0 atom stereocenters. The second kappa shape index (κ2) is 9.17. The van der Waals surface area contributed by atoms with Gasteiger partial charge in [-0.1, -0.05) is 84.9 Å². The van der Waals surface area contributed by atoms with E-state index in [1.54, 1.807) is 0 Å². The van der Waals surface area contributed by atoms with Crippen molar-refractivity contribution in [2.24, 2.45) is 0 Å². The molecule has 3 heterocycles. The zero-order valence-electron chi connectivity index (χ0n) is 23.5. The summed E-state index contributed by atoms with van der Waals surface area (Å²) in [5, 5.41) is 10.3. The van der Waals surface area contributed by atoms with E-state index < -0.39 is 0 Å². The van der Waals surface area contributed by atoms with Gasteiger partial charge in [0.25, 0.3) is 0 Å². The van der Waals surface area contributed by atoms with Crippen LogP contribution >= 0.6 is 22.7 Å². The highest BCUT2D eigenvalue weighted by Gasteiger charge is 2.21. The Morgan fingerprint density at radius 3 is 2.05 bits per heavy atom. The molecule has 0 radical (unpaired) electrons. The molecule has 10 rings (SSSR count). The molecule has 0 unspecified atom stereocenters. The van der Waals surface area contributed by atoms with Gasteiger partial charge in [0.1, 0.15) is 11.2 Å². The Bertz CT molecular complexity index is 2730. The van der Waals surface area contributed by atoms with Gasteiger partial charge in [-0.15, -0.1) is 22.7 Å². The van der Waals surface area contributed by atoms with Gasteiger partial charge in [0.05, 0.1) is 10.4 Å². The minimum atomic E-state index is 0.896. The standard InChI is InChI=1S/C40H23NOS2/c1-2-10-25(11-3-1)41(26-18-19-29-28-13-6-7-16-33(28)42-34(29)23-26)32-15-8-14-30-38-36(43-39(30)32)22-20-31-37-27-12-5-4-9-24(27)17-21-35(37)44-40(31)38/h1-23H. The van der Waals surface area contributed by atoms with Gasteiger partial charge in [-0.3, -0.25) is 0 Å². The van der Waals surface area contributed by atoms with E-state index >= 15 is 0 Å². The third-order valence-corrected chi connectivity index (χ3v) is 11.2. The lowest BCUT2D eigenvalue weighted by atomic mass is 10.0. The van der Waals surface area contributed by atoms with Gasteiger partial charge in [-0.05, 0) is 59.3 Å².